The molecule has 1 fully saturated rings. The van der Waals surface area contributed by atoms with Gasteiger partial charge in [0.15, 0.2) is 0 Å². The largest absolute Gasteiger partial charge is 0.478 e. The van der Waals surface area contributed by atoms with Gasteiger partial charge in [-0.05, 0) is 37.1 Å². The van der Waals surface area contributed by atoms with Gasteiger partial charge in [-0.25, -0.2) is 9.18 Å². The molecule has 2 aromatic rings. The second kappa shape index (κ2) is 4.46. The van der Waals surface area contributed by atoms with Crippen LogP contribution in [0.4, 0.5) is 4.39 Å². The third-order valence-electron chi connectivity index (χ3n) is 3.24. The summed E-state index contributed by atoms with van der Waals surface area (Å²) in [7, 11) is 0. The van der Waals surface area contributed by atoms with Crippen molar-refractivity contribution in [3.8, 4) is 11.3 Å². The average molecular weight is 257 g/mol. The Hall–Kier alpha value is -2.23. The number of carboxylic acids is 1. The van der Waals surface area contributed by atoms with Gasteiger partial charge in [-0.1, -0.05) is 12.1 Å². The fourth-order valence-electron chi connectivity index (χ4n) is 2.13. The molecule has 0 bridgehead atoms. The maximum absolute atomic E-state index is 13.2. The van der Waals surface area contributed by atoms with E-state index in [4.69, 9.17) is 5.11 Å². The monoisotopic (exact) mass is 257 g/mol. The summed E-state index contributed by atoms with van der Waals surface area (Å²) in [5.74, 6) is -1.05. The van der Waals surface area contributed by atoms with Crippen LogP contribution in [0.3, 0.4) is 0 Å². The maximum atomic E-state index is 13.2. The van der Waals surface area contributed by atoms with Gasteiger partial charge in [0.25, 0.3) is 0 Å². The first-order chi connectivity index (χ1) is 9.15. The number of pyridine rings is 1. The molecule has 1 N–H and O–H groups in total. The number of aromatic nitrogens is 1. The van der Waals surface area contributed by atoms with E-state index in [0.717, 1.165) is 12.8 Å². The van der Waals surface area contributed by atoms with Gasteiger partial charge in [0.1, 0.15) is 5.82 Å². The minimum Gasteiger partial charge on any atom is -0.478 e. The number of carboxylic acid groups (broad SMARTS) is 1. The van der Waals surface area contributed by atoms with Crippen molar-refractivity contribution >= 4 is 5.97 Å². The van der Waals surface area contributed by atoms with E-state index in [1.165, 1.54) is 12.1 Å². The van der Waals surface area contributed by atoms with Crippen molar-refractivity contribution in [3.05, 3.63) is 53.5 Å². The summed E-state index contributed by atoms with van der Waals surface area (Å²) < 4.78 is 13.2. The first-order valence-electron chi connectivity index (χ1n) is 6.15. The SMILES string of the molecule is O=C(O)c1ccc(-c2cccc(F)c2)nc1C1CC1. The molecule has 1 saturated carbocycles. The Kier molecular flexibility index (Phi) is 2.78. The van der Waals surface area contributed by atoms with E-state index in [1.807, 2.05) is 0 Å². The van der Waals surface area contributed by atoms with Crippen LogP contribution in [0.25, 0.3) is 11.3 Å². The van der Waals surface area contributed by atoms with Gasteiger partial charge in [0, 0.05) is 11.5 Å². The van der Waals surface area contributed by atoms with E-state index >= 15 is 0 Å². The first-order valence-corrected chi connectivity index (χ1v) is 6.15. The van der Waals surface area contributed by atoms with Crippen molar-refractivity contribution < 1.29 is 14.3 Å². The van der Waals surface area contributed by atoms with E-state index < -0.39 is 5.97 Å². The molecule has 0 spiro atoms. The minimum absolute atomic E-state index is 0.236. The lowest BCUT2D eigenvalue weighted by atomic mass is 10.1. The Balaban J connectivity index is 2.08. The van der Waals surface area contributed by atoms with Gasteiger partial charge in [-0.2, -0.15) is 0 Å². The Morgan fingerprint density at radius 2 is 2.05 bits per heavy atom. The number of carbonyl (C=O) groups is 1. The molecule has 0 aliphatic heterocycles. The zero-order valence-corrected chi connectivity index (χ0v) is 10.1. The van der Waals surface area contributed by atoms with E-state index in [1.54, 1.807) is 24.3 Å². The van der Waals surface area contributed by atoms with Gasteiger partial charge in [0.2, 0.25) is 0 Å². The van der Waals surface area contributed by atoms with Crippen LogP contribution in [0.1, 0.15) is 34.8 Å². The molecular formula is C15H12FNO2. The summed E-state index contributed by atoms with van der Waals surface area (Å²) in [6, 6.07) is 9.35. The molecular weight excluding hydrogens is 245 g/mol. The fourth-order valence-corrected chi connectivity index (χ4v) is 2.13. The number of halogens is 1. The topological polar surface area (TPSA) is 50.2 Å². The molecule has 0 unspecified atom stereocenters. The predicted molar refractivity (Wildman–Crippen MR) is 68.6 cm³/mol. The van der Waals surface area contributed by atoms with Crippen LogP contribution in [-0.4, -0.2) is 16.1 Å². The molecule has 0 atom stereocenters. The molecule has 1 heterocycles. The van der Waals surface area contributed by atoms with Crippen LogP contribution >= 0.6 is 0 Å². The number of hydrogen-bond acceptors (Lipinski definition) is 2. The zero-order chi connectivity index (χ0) is 13.4. The van der Waals surface area contributed by atoms with Crippen LogP contribution in [0.2, 0.25) is 0 Å². The summed E-state index contributed by atoms with van der Waals surface area (Å²) in [4.78, 5) is 15.6. The molecule has 0 radical (unpaired) electrons. The number of hydrogen-bond donors (Lipinski definition) is 1. The zero-order valence-electron chi connectivity index (χ0n) is 10.1. The molecule has 0 amide bonds. The fraction of sp³-hybridized carbons (Fsp3) is 0.200. The molecule has 19 heavy (non-hydrogen) atoms. The first kappa shape index (κ1) is 11.8. The van der Waals surface area contributed by atoms with Crippen molar-refractivity contribution in [3.63, 3.8) is 0 Å². The van der Waals surface area contributed by atoms with Crippen LogP contribution < -0.4 is 0 Å². The Morgan fingerprint density at radius 3 is 2.68 bits per heavy atom. The maximum Gasteiger partial charge on any atom is 0.337 e. The highest BCUT2D eigenvalue weighted by Crippen LogP contribution is 2.41. The summed E-state index contributed by atoms with van der Waals surface area (Å²) >= 11 is 0. The Morgan fingerprint density at radius 1 is 1.26 bits per heavy atom. The highest BCUT2D eigenvalue weighted by Gasteiger charge is 2.30. The molecule has 3 nitrogen and oxygen atoms in total. The Bertz CT molecular complexity index is 650. The van der Waals surface area contributed by atoms with E-state index in [-0.39, 0.29) is 17.3 Å². The third kappa shape index (κ3) is 2.34. The van der Waals surface area contributed by atoms with Gasteiger partial charge in [-0.3, -0.25) is 4.98 Å². The standard InChI is InChI=1S/C15H12FNO2/c16-11-3-1-2-10(8-11)13-7-6-12(15(18)19)14(17-13)9-4-5-9/h1-3,6-9H,4-5H2,(H,18,19). The van der Waals surface area contributed by atoms with Gasteiger partial charge >= 0.3 is 5.97 Å². The lowest BCUT2D eigenvalue weighted by Gasteiger charge is -2.07. The molecule has 1 aliphatic carbocycles. The van der Waals surface area contributed by atoms with E-state index in [0.29, 0.717) is 17.0 Å². The van der Waals surface area contributed by atoms with Gasteiger partial charge in [0.05, 0.1) is 17.0 Å². The molecule has 0 saturated heterocycles. The van der Waals surface area contributed by atoms with Crippen LogP contribution in [-0.2, 0) is 0 Å². The predicted octanol–water partition coefficient (Wildman–Crippen LogP) is 3.46. The van der Waals surface area contributed by atoms with Crippen LogP contribution in [0.15, 0.2) is 36.4 Å². The normalized spacial score (nSPS) is 14.4. The van der Waals surface area contributed by atoms with Crippen molar-refractivity contribution in [2.75, 3.05) is 0 Å². The van der Waals surface area contributed by atoms with Crippen molar-refractivity contribution in [2.24, 2.45) is 0 Å². The minimum atomic E-state index is -0.958. The molecule has 1 aromatic heterocycles. The molecule has 4 heteroatoms. The highest BCUT2D eigenvalue weighted by atomic mass is 19.1. The van der Waals surface area contributed by atoms with Gasteiger partial charge < -0.3 is 5.11 Å². The lowest BCUT2D eigenvalue weighted by molar-refractivity contribution is 0.0695. The molecule has 1 aliphatic rings. The number of nitrogens with zero attached hydrogens (tertiary/aromatic N) is 1. The second-order valence-corrected chi connectivity index (χ2v) is 4.72. The second-order valence-electron chi connectivity index (χ2n) is 4.72. The highest BCUT2D eigenvalue weighted by molar-refractivity contribution is 5.89. The van der Waals surface area contributed by atoms with Crippen LogP contribution in [0, 0.1) is 5.82 Å². The van der Waals surface area contributed by atoms with Crippen LogP contribution in [0.5, 0.6) is 0 Å². The van der Waals surface area contributed by atoms with E-state index in [2.05, 4.69) is 4.98 Å². The van der Waals surface area contributed by atoms with Crippen molar-refractivity contribution in [1.82, 2.24) is 4.98 Å². The quantitative estimate of drug-likeness (QED) is 0.916. The number of rotatable bonds is 3. The third-order valence-corrected chi connectivity index (χ3v) is 3.24. The summed E-state index contributed by atoms with van der Waals surface area (Å²) in [6.07, 6.45) is 1.94. The van der Waals surface area contributed by atoms with Gasteiger partial charge in [-0.15, -0.1) is 0 Å². The van der Waals surface area contributed by atoms with Crippen molar-refractivity contribution in [2.45, 2.75) is 18.8 Å². The Labute approximate surface area is 109 Å². The summed E-state index contributed by atoms with van der Waals surface area (Å²) in [6.45, 7) is 0. The lowest BCUT2D eigenvalue weighted by Crippen LogP contribution is -2.04. The summed E-state index contributed by atoms with van der Waals surface area (Å²) in [5, 5.41) is 9.15. The number of aromatic carboxylic acids is 1. The van der Waals surface area contributed by atoms with E-state index in [9.17, 15) is 9.18 Å². The summed E-state index contributed by atoms with van der Waals surface area (Å²) in [5.41, 5.74) is 2.15. The number of benzene rings is 1. The molecule has 96 valence electrons. The van der Waals surface area contributed by atoms with Crippen molar-refractivity contribution in [1.29, 1.82) is 0 Å². The molecule has 3 rings (SSSR count). The average Bonchev–Trinajstić information content (AvgIpc) is 3.22. The smallest absolute Gasteiger partial charge is 0.337 e. The molecule has 1 aromatic carbocycles.